The van der Waals surface area contributed by atoms with Gasteiger partial charge in [0.15, 0.2) is 0 Å². The average Bonchev–Trinajstić information content (AvgIpc) is 2.54. The van der Waals surface area contributed by atoms with E-state index in [1.807, 2.05) is 0 Å². The number of ether oxygens (including phenoxy) is 1. The monoisotopic (exact) mass is 182 g/mol. The van der Waals surface area contributed by atoms with Gasteiger partial charge in [0.05, 0.1) is 12.0 Å². The summed E-state index contributed by atoms with van der Waals surface area (Å²) in [6.07, 6.45) is 2.14. The smallest absolute Gasteiger partial charge is 0.239 e. The van der Waals surface area contributed by atoms with Crippen LogP contribution in [0.2, 0.25) is 0 Å². The summed E-state index contributed by atoms with van der Waals surface area (Å²) in [7, 11) is 0. The minimum atomic E-state index is -0.0388. The first-order valence-electron chi connectivity index (χ1n) is 4.47. The lowest BCUT2D eigenvalue weighted by atomic mass is 9.84. The van der Waals surface area contributed by atoms with Crippen molar-refractivity contribution in [1.82, 2.24) is 15.2 Å². The predicted octanol–water partition coefficient (Wildman–Crippen LogP) is 0.455. The predicted molar refractivity (Wildman–Crippen MR) is 48.2 cm³/mol. The van der Waals surface area contributed by atoms with Gasteiger partial charge in [-0.05, 0) is 12.8 Å². The van der Waals surface area contributed by atoms with E-state index in [1.165, 1.54) is 0 Å². The number of nitrogens with zero attached hydrogens (tertiary/aromatic N) is 2. The van der Waals surface area contributed by atoms with Gasteiger partial charge in [0.2, 0.25) is 5.95 Å². The molecule has 0 saturated carbocycles. The van der Waals surface area contributed by atoms with E-state index in [1.54, 1.807) is 0 Å². The zero-order chi connectivity index (χ0) is 9.31. The molecule has 1 aliphatic heterocycles. The summed E-state index contributed by atoms with van der Waals surface area (Å²) >= 11 is 0. The molecule has 5 nitrogen and oxygen atoms in total. The zero-order valence-corrected chi connectivity index (χ0v) is 7.71. The van der Waals surface area contributed by atoms with Crippen molar-refractivity contribution in [1.29, 1.82) is 0 Å². The fourth-order valence-electron chi connectivity index (χ4n) is 1.67. The first-order chi connectivity index (χ1) is 6.21. The van der Waals surface area contributed by atoms with E-state index >= 15 is 0 Å². The molecule has 2 rings (SSSR count). The minimum absolute atomic E-state index is 0.0388. The van der Waals surface area contributed by atoms with Crippen LogP contribution in [0, 0.1) is 0 Å². The second-order valence-corrected chi connectivity index (χ2v) is 3.76. The van der Waals surface area contributed by atoms with Gasteiger partial charge in [0.1, 0.15) is 5.82 Å². The second kappa shape index (κ2) is 2.99. The number of rotatable bonds is 1. The van der Waals surface area contributed by atoms with Crippen LogP contribution in [0.4, 0.5) is 5.95 Å². The molecular formula is C8H14N4O. The van der Waals surface area contributed by atoms with Gasteiger partial charge in [0, 0.05) is 6.61 Å². The highest BCUT2D eigenvalue weighted by molar-refractivity contribution is 5.18. The molecule has 1 atom stereocenters. The van der Waals surface area contributed by atoms with Crippen LogP contribution in [0.15, 0.2) is 0 Å². The second-order valence-electron chi connectivity index (χ2n) is 3.76. The van der Waals surface area contributed by atoms with Crippen LogP contribution in [0.5, 0.6) is 0 Å². The normalized spacial score (nSPS) is 29.0. The molecule has 0 spiro atoms. The molecule has 2 heterocycles. The molecule has 1 aromatic rings. The fourth-order valence-corrected chi connectivity index (χ4v) is 1.67. The van der Waals surface area contributed by atoms with Crippen LogP contribution in [0.25, 0.3) is 0 Å². The van der Waals surface area contributed by atoms with Crippen molar-refractivity contribution >= 4 is 5.95 Å². The number of anilines is 1. The molecule has 3 N–H and O–H groups in total. The van der Waals surface area contributed by atoms with E-state index in [9.17, 15) is 0 Å². The third kappa shape index (κ3) is 1.51. The number of hydrogen-bond donors (Lipinski definition) is 2. The summed E-state index contributed by atoms with van der Waals surface area (Å²) in [5.41, 5.74) is 5.41. The first-order valence-corrected chi connectivity index (χ1v) is 4.47. The first kappa shape index (κ1) is 8.50. The third-order valence-electron chi connectivity index (χ3n) is 2.51. The highest BCUT2D eigenvalue weighted by atomic mass is 16.5. The molecule has 13 heavy (non-hydrogen) atoms. The van der Waals surface area contributed by atoms with Crippen LogP contribution in [0.1, 0.15) is 25.6 Å². The molecule has 0 aliphatic carbocycles. The lowest BCUT2D eigenvalue weighted by Gasteiger charge is -2.30. The molecule has 1 aliphatic rings. The van der Waals surface area contributed by atoms with E-state index in [0.29, 0.717) is 12.6 Å². The van der Waals surface area contributed by atoms with Gasteiger partial charge in [-0.15, -0.1) is 5.10 Å². The molecule has 0 aromatic carbocycles. The number of aromatic amines is 1. The van der Waals surface area contributed by atoms with Crippen LogP contribution in [0.3, 0.4) is 0 Å². The summed E-state index contributed by atoms with van der Waals surface area (Å²) in [6, 6.07) is 0. The van der Waals surface area contributed by atoms with Crippen LogP contribution in [-0.4, -0.2) is 28.4 Å². The van der Waals surface area contributed by atoms with E-state index in [0.717, 1.165) is 25.3 Å². The summed E-state index contributed by atoms with van der Waals surface area (Å²) in [6.45, 7) is 3.66. The number of hydrogen-bond acceptors (Lipinski definition) is 4. The Bertz CT molecular complexity index is 290. The van der Waals surface area contributed by atoms with Gasteiger partial charge in [-0.25, -0.2) is 0 Å². The Labute approximate surface area is 76.7 Å². The molecule has 5 heteroatoms. The number of H-pyrrole nitrogens is 1. The Hall–Kier alpha value is -1.10. The van der Waals surface area contributed by atoms with Gasteiger partial charge in [-0.2, -0.15) is 4.98 Å². The van der Waals surface area contributed by atoms with E-state index in [-0.39, 0.29) is 5.41 Å². The van der Waals surface area contributed by atoms with Crippen molar-refractivity contribution in [2.45, 2.75) is 25.2 Å². The van der Waals surface area contributed by atoms with Gasteiger partial charge in [-0.3, -0.25) is 5.10 Å². The summed E-state index contributed by atoms with van der Waals surface area (Å²) in [4.78, 5) is 4.14. The third-order valence-corrected chi connectivity index (χ3v) is 2.51. The lowest BCUT2D eigenvalue weighted by Crippen LogP contribution is -2.34. The van der Waals surface area contributed by atoms with Crippen molar-refractivity contribution in [2.75, 3.05) is 18.9 Å². The lowest BCUT2D eigenvalue weighted by molar-refractivity contribution is 0.0385. The van der Waals surface area contributed by atoms with E-state index < -0.39 is 0 Å². The van der Waals surface area contributed by atoms with Crippen LogP contribution in [-0.2, 0) is 10.2 Å². The highest BCUT2D eigenvalue weighted by Crippen LogP contribution is 2.29. The summed E-state index contributed by atoms with van der Waals surface area (Å²) in [5.74, 6) is 1.14. The van der Waals surface area contributed by atoms with Gasteiger partial charge < -0.3 is 10.5 Å². The van der Waals surface area contributed by atoms with Crippen molar-refractivity contribution in [3.63, 3.8) is 0 Å². The molecule has 1 unspecified atom stereocenters. The molecular weight excluding hydrogens is 168 g/mol. The quantitative estimate of drug-likeness (QED) is 0.661. The zero-order valence-electron chi connectivity index (χ0n) is 7.71. The largest absolute Gasteiger partial charge is 0.380 e. The standard InChI is InChI=1S/C8H14N4O/c1-8(3-2-4-13-5-8)6-10-7(9)12-11-6/h2-5H2,1H3,(H3,9,10,11,12). The highest BCUT2D eigenvalue weighted by Gasteiger charge is 2.32. The topological polar surface area (TPSA) is 76.8 Å². The molecule has 72 valence electrons. The Morgan fingerprint density at radius 3 is 3.00 bits per heavy atom. The molecule has 1 fully saturated rings. The Morgan fingerprint density at radius 2 is 2.46 bits per heavy atom. The molecule has 0 bridgehead atoms. The van der Waals surface area contributed by atoms with Crippen LogP contribution >= 0.6 is 0 Å². The summed E-state index contributed by atoms with van der Waals surface area (Å²) in [5, 5.41) is 6.67. The number of nitrogens with one attached hydrogen (secondary N) is 1. The average molecular weight is 182 g/mol. The maximum absolute atomic E-state index is 5.45. The van der Waals surface area contributed by atoms with Crippen molar-refractivity contribution in [2.24, 2.45) is 0 Å². The number of aromatic nitrogens is 3. The number of nitrogen functional groups attached to an aromatic ring is 1. The van der Waals surface area contributed by atoms with E-state index in [4.69, 9.17) is 10.5 Å². The van der Waals surface area contributed by atoms with E-state index in [2.05, 4.69) is 22.1 Å². The minimum Gasteiger partial charge on any atom is -0.380 e. The van der Waals surface area contributed by atoms with Crippen molar-refractivity contribution < 1.29 is 4.74 Å². The Morgan fingerprint density at radius 1 is 1.62 bits per heavy atom. The van der Waals surface area contributed by atoms with Gasteiger partial charge in [0.25, 0.3) is 0 Å². The van der Waals surface area contributed by atoms with Crippen LogP contribution < -0.4 is 5.73 Å². The number of nitrogens with two attached hydrogens (primary N) is 1. The molecule has 0 amide bonds. The SMILES string of the molecule is CC1(c2nc(N)n[nH]2)CCCOC1. The van der Waals surface area contributed by atoms with Gasteiger partial charge in [-0.1, -0.05) is 6.92 Å². The fraction of sp³-hybridized carbons (Fsp3) is 0.750. The maximum Gasteiger partial charge on any atom is 0.239 e. The molecule has 1 saturated heterocycles. The Kier molecular flexibility index (Phi) is 1.95. The van der Waals surface area contributed by atoms with Gasteiger partial charge >= 0.3 is 0 Å². The summed E-state index contributed by atoms with van der Waals surface area (Å²) < 4.78 is 5.42. The molecule has 0 radical (unpaired) electrons. The Balaban J connectivity index is 2.22. The van der Waals surface area contributed by atoms with Crippen molar-refractivity contribution in [3.05, 3.63) is 5.82 Å². The maximum atomic E-state index is 5.45. The molecule has 1 aromatic heterocycles. The van der Waals surface area contributed by atoms with Crippen molar-refractivity contribution in [3.8, 4) is 0 Å².